The molecule has 1 fully saturated rings. The second-order valence-corrected chi connectivity index (χ2v) is 6.71. The average Bonchev–Trinajstić information content (AvgIpc) is 2.34. The van der Waals surface area contributed by atoms with Gasteiger partial charge in [0.15, 0.2) is 0 Å². The summed E-state index contributed by atoms with van der Waals surface area (Å²) in [6.45, 7) is 4.62. The normalized spacial score (nSPS) is 19.1. The molecule has 110 valence electrons. The molecule has 1 amide bonds. The lowest BCUT2D eigenvalue weighted by Gasteiger charge is -2.40. The van der Waals surface area contributed by atoms with Gasteiger partial charge in [-0.05, 0) is 31.1 Å². The second kappa shape index (κ2) is 6.38. The molecule has 0 aliphatic carbocycles. The second-order valence-electron chi connectivity index (χ2n) is 5.06. The number of hydrogen-bond donors (Lipinski definition) is 1. The van der Waals surface area contributed by atoms with Crippen LogP contribution in [-0.2, 0) is 14.3 Å². The number of piperidine rings is 1. The molecule has 1 rings (SSSR count). The molecule has 0 aromatic carbocycles. The van der Waals surface area contributed by atoms with E-state index in [9.17, 15) is 13.2 Å². The van der Waals surface area contributed by atoms with Crippen LogP contribution in [0.3, 0.4) is 0 Å². The van der Waals surface area contributed by atoms with Crippen molar-refractivity contribution in [3.05, 3.63) is 12.7 Å². The monoisotopic (exact) mass is 291 g/mol. The van der Waals surface area contributed by atoms with Crippen molar-refractivity contribution in [2.75, 3.05) is 26.0 Å². The number of nitrogens with zero attached hydrogens (tertiary/aromatic N) is 1. The molecule has 6 nitrogen and oxygen atoms in total. The summed E-state index contributed by atoms with van der Waals surface area (Å²) in [5, 5.41) is 8.93. The third-order valence-electron chi connectivity index (χ3n) is 3.55. The summed E-state index contributed by atoms with van der Waals surface area (Å²) in [5.41, 5.74) is -0.275. The van der Waals surface area contributed by atoms with E-state index in [1.807, 2.05) is 0 Å². The van der Waals surface area contributed by atoms with E-state index < -0.39 is 16.2 Å². The Balaban J connectivity index is 2.67. The number of amides is 1. The van der Waals surface area contributed by atoms with Crippen molar-refractivity contribution < 1.29 is 22.5 Å². The fraction of sp³-hybridized carbons (Fsp3) is 0.750. The zero-order chi connectivity index (χ0) is 14.5. The summed E-state index contributed by atoms with van der Waals surface area (Å²) >= 11 is 0. The van der Waals surface area contributed by atoms with Crippen LogP contribution < -0.4 is 0 Å². The average molecular weight is 291 g/mol. The molecule has 0 saturated carbocycles. The van der Waals surface area contributed by atoms with Crippen LogP contribution >= 0.6 is 0 Å². The summed E-state index contributed by atoms with van der Waals surface area (Å²) in [7, 11) is -3.47. The first kappa shape index (κ1) is 16.0. The molecule has 0 spiro atoms. The highest BCUT2D eigenvalue weighted by Crippen LogP contribution is 2.37. The van der Waals surface area contributed by atoms with Crippen LogP contribution in [0.1, 0.15) is 25.7 Å². The minimum atomic E-state index is -3.47. The zero-order valence-corrected chi connectivity index (χ0v) is 12.0. The van der Waals surface area contributed by atoms with Crippen LogP contribution in [0.25, 0.3) is 0 Å². The SMILES string of the molecule is C=CCCC1(COS(C)(=O)=O)CCN(C(=O)O)CC1. The van der Waals surface area contributed by atoms with E-state index in [-0.39, 0.29) is 12.0 Å². The van der Waals surface area contributed by atoms with Gasteiger partial charge >= 0.3 is 6.09 Å². The van der Waals surface area contributed by atoms with Crippen molar-refractivity contribution in [3.63, 3.8) is 0 Å². The topological polar surface area (TPSA) is 83.9 Å². The highest BCUT2D eigenvalue weighted by atomic mass is 32.2. The highest BCUT2D eigenvalue weighted by Gasteiger charge is 2.36. The third kappa shape index (κ3) is 5.20. The van der Waals surface area contributed by atoms with Crippen LogP contribution in [0.4, 0.5) is 4.79 Å². The lowest BCUT2D eigenvalue weighted by Crippen LogP contribution is -2.44. The molecule has 0 aromatic rings. The minimum Gasteiger partial charge on any atom is -0.465 e. The molecule has 1 heterocycles. The quantitative estimate of drug-likeness (QED) is 0.594. The number of carbonyl (C=O) groups is 1. The van der Waals surface area contributed by atoms with Gasteiger partial charge in [-0.3, -0.25) is 4.18 Å². The smallest absolute Gasteiger partial charge is 0.407 e. The van der Waals surface area contributed by atoms with Gasteiger partial charge in [-0.25, -0.2) is 4.79 Å². The number of hydrogen-bond acceptors (Lipinski definition) is 4. The summed E-state index contributed by atoms with van der Waals surface area (Å²) in [4.78, 5) is 12.2. The third-order valence-corrected chi connectivity index (χ3v) is 4.10. The number of carboxylic acid groups (broad SMARTS) is 1. The molecule has 0 atom stereocenters. The summed E-state index contributed by atoms with van der Waals surface area (Å²) in [6, 6.07) is 0. The van der Waals surface area contributed by atoms with Crippen molar-refractivity contribution in [2.24, 2.45) is 5.41 Å². The molecule has 1 N–H and O–H groups in total. The molecule has 19 heavy (non-hydrogen) atoms. The Hall–Kier alpha value is -1.08. The molecule has 7 heteroatoms. The van der Waals surface area contributed by atoms with Crippen LogP contribution in [0, 0.1) is 5.41 Å². The fourth-order valence-corrected chi connectivity index (χ4v) is 2.74. The Morgan fingerprint density at radius 1 is 1.47 bits per heavy atom. The Labute approximate surface area is 114 Å². The van der Waals surface area contributed by atoms with Gasteiger partial charge in [0.2, 0.25) is 0 Å². The van der Waals surface area contributed by atoms with E-state index in [1.165, 1.54) is 4.90 Å². The molecule has 0 aromatic heterocycles. The molecule has 1 saturated heterocycles. The lowest BCUT2D eigenvalue weighted by molar-refractivity contribution is 0.0501. The van der Waals surface area contributed by atoms with Crippen molar-refractivity contribution in [1.29, 1.82) is 0 Å². The predicted molar refractivity (Wildman–Crippen MR) is 71.5 cm³/mol. The Bertz CT molecular complexity index is 423. The summed E-state index contributed by atoms with van der Waals surface area (Å²) in [6.07, 6.45) is 4.64. The molecule has 1 aliphatic heterocycles. The van der Waals surface area contributed by atoms with Gasteiger partial charge in [0.05, 0.1) is 12.9 Å². The minimum absolute atomic E-state index is 0.118. The standard InChI is InChI=1S/C12H21NO5S/c1-3-4-5-12(10-18-19(2,16)17)6-8-13(9-7-12)11(14)15/h3H,1,4-10H2,2H3,(H,14,15). The van der Waals surface area contributed by atoms with E-state index in [1.54, 1.807) is 6.08 Å². The first-order chi connectivity index (χ1) is 8.78. The maximum atomic E-state index is 11.1. The van der Waals surface area contributed by atoms with E-state index in [4.69, 9.17) is 9.29 Å². The van der Waals surface area contributed by atoms with Crippen LogP contribution in [0.2, 0.25) is 0 Å². The Kier molecular flexibility index (Phi) is 5.37. The molecular formula is C12H21NO5S. The van der Waals surface area contributed by atoms with Crippen LogP contribution in [0.5, 0.6) is 0 Å². The molecule has 0 unspecified atom stereocenters. The summed E-state index contributed by atoms with van der Waals surface area (Å²) < 4.78 is 27.2. The van der Waals surface area contributed by atoms with Crippen LogP contribution in [0.15, 0.2) is 12.7 Å². The first-order valence-electron chi connectivity index (χ1n) is 6.21. The molecule has 0 radical (unpaired) electrons. The molecular weight excluding hydrogens is 270 g/mol. The van der Waals surface area contributed by atoms with Gasteiger partial charge in [-0.1, -0.05) is 6.08 Å². The van der Waals surface area contributed by atoms with Gasteiger partial charge in [-0.15, -0.1) is 6.58 Å². The number of allylic oxidation sites excluding steroid dienone is 1. The van der Waals surface area contributed by atoms with E-state index in [0.29, 0.717) is 25.9 Å². The largest absolute Gasteiger partial charge is 0.465 e. The van der Waals surface area contributed by atoms with Gasteiger partial charge in [-0.2, -0.15) is 8.42 Å². The maximum Gasteiger partial charge on any atom is 0.407 e. The molecule has 0 bridgehead atoms. The molecule has 1 aliphatic rings. The van der Waals surface area contributed by atoms with Crippen molar-refractivity contribution in [2.45, 2.75) is 25.7 Å². The lowest BCUT2D eigenvalue weighted by atomic mass is 9.75. The van der Waals surface area contributed by atoms with Crippen molar-refractivity contribution >= 4 is 16.2 Å². The van der Waals surface area contributed by atoms with E-state index in [2.05, 4.69) is 6.58 Å². The fourth-order valence-electron chi connectivity index (χ4n) is 2.28. The van der Waals surface area contributed by atoms with E-state index >= 15 is 0 Å². The number of likely N-dealkylation sites (tertiary alicyclic amines) is 1. The predicted octanol–water partition coefficient (Wildman–Crippen LogP) is 1.69. The highest BCUT2D eigenvalue weighted by molar-refractivity contribution is 7.85. The van der Waals surface area contributed by atoms with Crippen LogP contribution in [-0.4, -0.2) is 50.5 Å². The Morgan fingerprint density at radius 2 is 2.05 bits per heavy atom. The van der Waals surface area contributed by atoms with E-state index in [0.717, 1.165) is 19.1 Å². The zero-order valence-electron chi connectivity index (χ0n) is 11.2. The van der Waals surface area contributed by atoms with Crippen molar-refractivity contribution in [1.82, 2.24) is 4.90 Å². The summed E-state index contributed by atoms with van der Waals surface area (Å²) in [5.74, 6) is 0. The Morgan fingerprint density at radius 3 is 2.47 bits per heavy atom. The van der Waals surface area contributed by atoms with Gasteiger partial charge < -0.3 is 10.0 Å². The van der Waals surface area contributed by atoms with Gasteiger partial charge in [0.25, 0.3) is 10.1 Å². The van der Waals surface area contributed by atoms with Gasteiger partial charge in [0.1, 0.15) is 0 Å². The maximum absolute atomic E-state index is 11.1. The van der Waals surface area contributed by atoms with Crippen molar-refractivity contribution in [3.8, 4) is 0 Å². The first-order valence-corrected chi connectivity index (χ1v) is 8.03. The van der Waals surface area contributed by atoms with Gasteiger partial charge in [0, 0.05) is 13.1 Å². The number of rotatable bonds is 6.